The van der Waals surface area contributed by atoms with Crippen LogP contribution in [-0.4, -0.2) is 25.9 Å². The third kappa shape index (κ3) is 1.69. The molecular formula is C7H11NO2. The van der Waals surface area contributed by atoms with E-state index in [1.54, 1.807) is 0 Å². The van der Waals surface area contributed by atoms with Crippen molar-refractivity contribution in [2.24, 2.45) is 5.92 Å². The first kappa shape index (κ1) is 7.52. The monoisotopic (exact) mass is 141 g/mol. The molecule has 0 aliphatic carbocycles. The van der Waals surface area contributed by atoms with E-state index in [1.165, 1.54) is 0 Å². The van der Waals surface area contributed by atoms with Crippen molar-refractivity contribution < 1.29 is 9.47 Å². The Morgan fingerprint density at radius 3 is 2.90 bits per heavy atom. The van der Waals surface area contributed by atoms with Crippen molar-refractivity contribution in [2.45, 2.75) is 13.0 Å². The third-order valence-electron chi connectivity index (χ3n) is 1.60. The molecule has 56 valence electrons. The van der Waals surface area contributed by atoms with Gasteiger partial charge in [-0.1, -0.05) is 0 Å². The summed E-state index contributed by atoms with van der Waals surface area (Å²) in [5.74, 6) is -0.0553. The quantitative estimate of drug-likeness (QED) is 0.536. The predicted molar refractivity (Wildman–Crippen MR) is 35.3 cm³/mol. The zero-order valence-electron chi connectivity index (χ0n) is 6.04. The van der Waals surface area contributed by atoms with Gasteiger partial charge in [-0.2, -0.15) is 5.26 Å². The highest BCUT2D eigenvalue weighted by Crippen LogP contribution is 2.09. The standard InChI is InChI=1S/C7H11NO2/c1-6(4-8)7-5-9-2-3-10-7/h6-7H,2-3,5H2,1H3. The number of hydrogen-bond donors (Lipinski definition) is 0. The van der Waals surface area contributed by atoms with E-state index in [1.807, 2.05) is 6.92 Å². The van der Waals surface area contributed by atoms with E-state index in [0.29, 0.717) is 19.8 Å². The number of ether oxygens (including phenoxy) is 2. The average molecular weight is 141 g/mol. The normalized spacial score (nSPS) is 29.0. The Balaban J connectivity index is 2.33. The lowest BCUT2D eigenvalue weighted by molar-refractivity contribution is -0.0998. The molecule has 0 saturated carbocycles. The summed E-state index contributed by atoms with van der Waals surface area (Å²) in [6.07, 6.45) is -0.0150. The second-order valence-corrected chi connectivity index (χ2v) is 2.40. The summed E-state index contributed by atoms with van der Waals surface area (Å²) in [6, 6.07) is 2.13. The van der Waals surface area contributed by atoms with E-state index < -0.39 is 0 Å². The van der Waals surface area contributed by atoms with Crippen LogP contribution in [-0.2, 0) is 9.47 Å². The molecule has 1 rings (SSSR count). The Bertz CT molecular complexity index is 135. The zero-order valence-corrected chi connectivity index (χ0v) is 6.04. The highest BCUT2D eigenvalue weighted by molar-refractivity contribution is 4.86. The molecule has 0 radical (unpaired) electrons. The van der Waals surface area contributed by atoms with Crippen LogP contribution >= 0.6 is 0 Å². The summed E-state index contributed by atoms with van der Waals surface area (Å²) in [4.78, 5) is 0. The van der Waals surface area contributed by atoms with Crippen molar-refractivity contribution in [1.29, 1.82) is 5.26 Å². The van der Waals surface area contributed by atoms with Crippen molar-refractivity contribution in [2.75, 3.05) is 19.8 Å². The summed E-state index contributed by atoms with van der Waals surface area (Å²) in [6.45, 7) is 3.69. The van der Waals surface area contributed by atoms with E-state index in [0.717, 1.165) is 0 Å². The van der Waals surface area contributed by atoms with Gasteiger partial charge in [0.2, 0.25) is 0 Å². The Morgan fingerprint density at radius 2 is 2.40 bits per heavy atom. The van der Waals surface area contributed by atoms with E-state index >= 15 is 0 Å². The maximum atomic E-state index is 8.50. The van der Waals surface area contributed by atoms with Crippen LogP contribution in [0.1, 0.15) is 6.92 Å². The lowest BCUT2D eigenvalue weighted by Crippen LogP contribution is -2.33. The molecule has 0 spiro atoms. The van der Waals surface area contributed by atoms with Crippen LogP contribution in [0.25, 0.3) is 0 Å². The fourth-order valence-electron chi connectivity index (χ4n) is 0.878. The van der Waals surface area contributed by atoms with Crippen molar-refractivity contribution >= 4 is 0 Å². The van der Waals surface area contributed by atoms with Gasteiger partial charge in [-0.25, -0.2) is 0 Å². The Morgan fingerprint density at radius 1 is 1.60 bits per heavy atom. The second-order valence-electron chi connectivity index (χ2n) is 2.40. The second kappa shape index (κ2) is 3.55. The first-order chi connectivity index (χ1) is 4.84. The topological polar surface area (TPSA) is 42.2 Å². The molecule has 0 aromatic rings. The maximum absolute atomic E-state index is 8.50. The molecule has 0 N–H and O–H groups in total. The van der Waals surface area contributed by atoms with Crippen LogP contribution < -0.4 is 0 Å². The predicted octanol–water partition coefficient (Wildman–Crippen LogP) is 0.561. The molecule has 0 amide bonds. The number of hydrogen-bond acceptors (Lipinski definition) is 3. The highest BCUT2D eigenvalue weighted by Gasteiger charge is 2.20. The van der Waals surface area contributed by atoms with E-state index in [-0.39, 0.29) is 12.0 Å². The molecule has 1 aliphatic heterocycles. The van der Waals surface area contributed by atoms with Gasteiger partial charge in [0, 0.05) is 0 Å². The van der Waals surface area contributed by atoms with Crippen LogP contribution in [0.2, 0.25) is 0 Å². The minimum absolute atomic E-state index is 0.0150. The maximum Gasteiger partial charge on any atom is 0.0964 e. The first-order valence-corrected chi connectivity index (χ1v) is 3.43. The van der Waals surface area contributed by atoms with Gasteiger partial charge < -0.3 is 9.47 Å². The summed E-state index contributed by atoms with van der Waals surface area (Å²) < 4.78 is 10.4. The molecule has 1 saturated heterocycles. The Labute approximate surface area is 60.5 Å². The van der Waals surface area contributed by atoms with Crippen molar-refractivity contribution in [3.8, 4) is 6.07 Å². The summed E-state index contributed by atoms with van der Waals surface area (Å²) in [5, 5.41) is 8.50. The average Bonchev–Trinajstić information content (AvgIpc) is 2.05. The Kier molecular flexibility index (Phi) is 2.67. The summed E-state index contributed by atoms with van der Waals surface area (Å²) in [7, 11) is 0. The first-order valence-electron chi connectivity index (χ1n) is 3.43. The molecule has 2 atom stereocenters. The molecular weight excluding hydrogens is 130 g/mol. The van der Waals surface area contributed by atoms with Gasteiger partial charge in [-0.05, 0) is 6.92 Å². The van der Waals surface area contributed by atoms with Gasteiger partial charge in [0.15, 0.2) is 0 Å². The van der Waals surface area contributed by atoms with Crippen LogP contribution in [0.3, 0.4) is 0 Å². The van der Waals surface area contributed by atoms with Crippen LogP contribution in [0.4, 0.5) is 0 Å². The molecule has 0 aromatic heterocycles. The van der Waals surface area contributed by atoms with Gasteiger partial charge in [-0.3, -0.25) is 0 Å². The molecule has 1 fully saturated rings. The van der Waals surface area contributed by atoms with Gasteiger partial charge in [-0.15, -0.1) is 0 Å². The molecule has 10 heavy (non-hydrogen) atoms. The lowest BCUT2D eigenvalue weighted by Gasteiger charge is -2.24. The SMILES string of the molecule is CC(C#N)C1COCCO1. The van der Waals surface area contributed by atoms with Crippen LogP contribution in [0.5, 0.6) is 0 Å². The minimum atomic E-state index is -0.0553. The zero-order chi connectivity index (χ0) is 7.40. The van der Waals surface area contributed by atoms with Gasteiger partial charge >= 0.3 is 0 Å². The largest absolute Gasteiger partial charge is 0.376 e. The molecule has 0 aromatic carbocycles. The minimum Gasteiger partial charge on any atom is -0.376 e. The number of rotatable bonds is 1. The molecule has 3 heteroatoms. The van der Waals surface area contributed by atoms with E-state index in [2.05, 4.69) is 6.07 Å². The van der Waals surface area contributed by atoms with E-state index in [9.17, 15) is 0 Å². The molecule has 1 aliphatic rings. The molecule has 2 unspecified atom stereocenters. The molecule has 3 nitrogen and oxygen atoms in total. The molecule has 1 heterocycles. The third-order valence-corrected chi connectivity index (χ3v) is 1.60. The highest BCUT2D eigenvalue weighted by atomic mass is 16.6. The van der Waals surface area contributed by atoms with Gasteiger partial charge in [0.05, 0.1) is 37.9 Å². The van der Waals surface area contributed by atoms with Gasteiger partial charge in [0.1, 0.15) is 0 Å². The fraction of sp³-hybridized carbons (Fsp3) is 0.857. The van der Waals surface area contributed by atoms with Crippen molar-refractivity contribution in [1.82, 2.24) is 0 Å². The Hall–Kier alpha value is -0.590. The smallest absolute Gasteiger partial charge is 0.0964 e. The van der Waals surface area contributed by atoms with Crippen molar-refractivity contribution in [3.05, 3.63) is 0 Å². The molecule has 0 bridgehead atoms. The lowest BCUT2D eigenvalue weighted by atomic mass is 10.1. The summed E-state index contributed by atoms with van der Waals surface area (Å²) in [5.41, 5.74) is 0. The fourth-order valence-corrected chi connectivity index (χ4v) is 0.878. The number of nitriles is 1. The van der Waals surface area contributed by atoms with Crippen LogP contribution in [0, 0.1) is 17.2 Å². The van der Waals surface area contributed by atoms with Crippen LogP contribution in [0.15, 0.2) is 0 Å². The van der Waals surface area contributed by atoms with Gasteiger partial charge in [0.25, 0.3) is 0 Å². The summed E-state index contributed by atoms with van der Waals surface area (Å²) >= 11 is 0. The number of nitrogens with zero attached hydrogens (tertiary/aromatic N) is 1. The van der Waals surface area contributed by atoms with E-state index in [4.69, 9.17) is 14.7 Å². The van der Waals surface area contributed by atoms with Crippen molar-refractivity contribution in [3.63, 3.8) is 0 Å².